The van der Waals surface area contributed by atoms with Crippen LogP contribution in [0.3, 0.4) is 0 Å². The van der Waals surface area contributed by atoms with Crippen LogP contribution in [0.25, 0.3) is 0 Å². The second kappa shape index (κ2) is 8.74. The summed E-state index contributed by atoms with van der Waals surface area (Å²) >= 11 is 1.80. The highest BCUT2D eigenvalue weighted by atomic mass is 32.1. The van der Waals surface area contributed by atoms with Crippen molar-refractivity contribution >= 4 is 17.2 Å². The smallest absolute Gasteiger partial charge is 0.238 e. The Labute approximate surface area is 171 Å². The van der Waals surface area contributed by atoms with Crippen LogP contribution in [0, 0.1) is 12.8 Å². The molecule has 0 spiro atoms. The molecule has 5 nitrogen and oxygen atoms in total. The Morgan fingerprint density at radius 1 is 1.21 bits per heavy atom. The zero-order valence-electron chi connectivity index (χ0n) is 16.7. The second-order valence-electron chi connectivity index (χ2n) is 8.19. The lowest BCUT2D eigenvalue weighted by Gasteiger charge is -2.37. The lowest BCUT2D eigenvalue weighted by molar-refractivity contribution is -0.124. The van der Waals surface area contributed by atoms with Crippen LogP contribution in [0.1, 0.15) is 34.2 Å². The number of benzene rings is 1. The number of thiophene rings is 1. The lowest BCUT2D eigenvalue weighted by Crippen LogP contribution is -2.54. The molecule has 1 aromatic heterocycles. The van der Waals surface area contributed by atoms with E-state index in [1.807, 2.05) is 0 Å². The molecule has 3 N–H and O–H groups in total. The molecule has 2 unspecified atom stereocenters. The Morgan fingerprint density at radius 2 is 2.04 bits per heavy atom. The van der Waals surface area contributed by atoms with Gasteiger partial charge < -0.3 is 10.2 Å². The van der Waals surface area contributed by atoms with Gasteiger partial charge in [0, 0.05) is 22.3 Å². The summed E-state index contributed by atoms with van der Waals surface area (Å²) in [6, 6.07) is 15.2. The van der Waals surface area contributed by atoms with Crippen LogP contribution in [0.5, 0.6) is 0 Å². The van der Waals surface area contributed by atoms with E-state index in [9.17, 15) is 4.79 Å². The molecule has 2 aromatic rings. The van der Waals surface area contributed by atoms with E-state index in [0.717, 1.165) is 32.4 Å². The Hall–Kier alpha value is -1.73. The molecule has 0 saturated carbocycles. The number of hydrogen-bond donors (Lipinski definition) is 3. The van der Waals surface area contributed by atoms with E-state index in [1.54, 1.807) is 11.3 Å². The number of nitrogens with one attached hydrogen (secondary N) is 3. The van der Waals surface area contributed by atoms with Crippen LogP contribution in [-0.2, 0) is 11.2 Å². The Balaban J connectivity index is 1.36. The van der Waals surface area contributed by atoms with Gasteiger partial charge in [0.2, 0.25) is 5.91 Å². The van der Waals surface area contributed by atoms with E-state index >= 15 is 0 Å². The molecule has 4 rings (SSSR count). The van der Waals surface area contributed by atoms with Crippen LogP contribution in [0.15, 0.2) is 42.5 Å². The van der Waals surface area contributed by atoms with Crippen molar-refractivity contribution in [2.75, 3.05) is 20.1 Å². The first-order chi connectivity index (χ1) is 13.6. The first-order valence-corrected chi connectivity index (χ1v) is 11.0. The summed E-state index contributed by atoms with van der Waals surface area (Å²) in [7, 11) is 2.17. The lowest BCUT2D eigenvalue weighted by atomic mass is 9.86. The minimum absolute atomic E-state index is 0.121. The van der Waals surface area contributed by atoms with Gasteiger partial charge in [-0.1, -0.05) is 30.3 Å². The van der Waals surface area contributed by atoms with Crippen LogP contribution in [0.4, 0.5) is 0 Å². The molecular formula is C22H30N4OS. The van der Waals surface area contributed by atoms with Gasteiger partial charge in [-0.05, 0) is 63.4 Å². The SMILES string of the molecule is Cc1ccc(C2CC(C(=O)N[C@@H]3CCN(C)C[C@@H]3Cc3ccccc3)NN2)s1. The summed E-state index contributed by atoms with van der Waals surface area (Å²) in [5, 5.41) is 3.36. The molecule has 1 amide bonds. The van der Waals surface area contributed by atoms with Gasteiger partial charge in [-0.2, -0.15) is 0 Å². The highest BCUT2D eigenvalue weighted by Crippen LogP contribution is 2.29. The van der Waals surface area contributed by atoms with Crippen molar-refractivity contribution in [1.82, 2.24) is 21.1 Å². The van der Waals surface area contributed by atoms with Gasteiger partial charge in [0.1, 0.15) is 6.04 Å². The van der Waals surface area contributed by atoms with Gasteiger partial charge in [0.05, 0.1) is 6.04 Å². The molecule has 2 aliphatic heterocycles. The summed E-state index contributed by atoms with van der Waals surface area (Å²) in [5.41, 5.74) is 7.86. The van der Waals surface area contributed by atoms with Crippen molar-refractivity contribution in [3.63, 3.8) is 0 Å². The van der Waals surface area contributed by atoms with Crippen molar-refractivity contribution in [3.05, 3.63) is 57.8 Å². The fraction of sp³-hybridized carbons (Fsp3) is 0.500. The molecular weight excluding hydrogens is 368 g/mol. The van der Waals surface area contributed by atoms with Crippen molar-refractivity contribution < 1.29 is 4.79 Å². The first-order valence-electron chi connectivity index (χ1n) is 10.2. The molecule has 4 atom stereocenters. The number of carbonyl (C=O) groups is 1. The van der Waals surface area contributed by atoms with E-state index in [4.69, 9.17) is 0 Å². The van der Waals surface area contributed by atoms with E-state index in [0.29, 0.717) is 5.92 Å². The van der Waals surface area contributed by atoms with Crippen molar-refractivity contribution in [1.29, 1.82) is 0 Å². The molecule has 2 aliphatic rings. The third-order valence-electron chi connectivity index (χ3n) is 5.93. The zero-order chi connectivity index (χ0) is 19.5. The molecule has 0 aliphatic carbocycles. The predicted molar refractivity (Wildman–Crippen MR) is 114 cm³/mol. The quantitative estimate of drug-likeness (QED) is 0.725. The molecule has 3 heterocycles. The van der Waals surface area contributed by atoms with E-state index in [-0.39, 0.29) is 24.0 Å². The van der Waals surface area contributed by atoms with Crippen LogP contribution >= 0.6 is 11.3 Å². The molecule has 1 aromatic carbocycles. The topological polar surface area (TPSA) is 56.4 Å². The monoisotopic (exact) mass is 398 g/mol. The number of hydrazine groups is 1. The average Bonchev–Trinajstić information content (AvgIpc) is 3.34. The summed E-state index contributed by atoms with van der Waals surface area (Å²) in [4.78, 5) is 17.9. The van der Waals surface area contributed by atoms with Crippen molar-refractivity contribution in [3.8, 4) is 0 Å². The minimum Gasteiger partial charge on any atom is -0.352 e. The molecule has 2 saturated heterocycles. The van der Waals surface area contributed by atoms with E-state index in [2.05, 4.69) is 77.5 Å². The van der Waals surface area contributed by atoms with Gasteiger partial charge in [0.15, 0.2) is 0 Å². The van der Waals surface area contributed by atoms with Gasteiger partial charge in [-0.25, -0.2) is 10.9 Å². The largest absolute Gasteiger partial charge is 0.352 e. The minimum atomic E-state index is -0.176. The van der Waals surface area contributed by atoms with Crippen molar-refractivity contribution in [2.45, 2.75) is 44.3 Å². The highest BCUT2D eigenvalue weighted by Gasteiger charge is 2.34. The summed E-state index contributed by atoms with van der Waals surface area (Å²) in [6.45, 7) is 4.17. The number of nitrogens with zero attached hydrogens (tertiary/aromatic N) is 1. The number of rotatable bonds is 5. The third kappa shape index (κ3) is 4.63. The molecule has 2 fully saturated rings. The fourth-order valence-electron chi connectivity index (χ4n) is 4.37. The van der Waals surface area contributed by atoms with Gasteiger partial charge in [0.25, 0.3) is 0 Å². The van der Waals surface area contributed by atoms with Gasteiger partial charge in [-0.3, -0.25) is 4.79 Å². The summed E-state index contributed by atoms with van der Waals surface area (Å²) in [5.74, 6) is 0.561. The highest BCUT2D eigenvalue weighted by molar-refractivity contribution is 7.12. The zero-order valence-corrected chi connectivity index (χ0v) is 17.5. The molecule has 0 radical (unpaired) electrons. The predicted octanol–water partition coefficient (Wildman–Crippen LogP) is 2.64. The fourth-order valence-corrected chi connectivity index (χ4v) is 5.31. The summed E-state index contributed by atoms with van der Waals surface area (Å²) < 4.78 is 0. The number of hydrogen-bond acceptors (Lipinski definition) is 5. The Bertz CT molecular complexity index is 793. The molecule has 150 valence electrons. The Morgan fingerprint density at radius 3 is 2.79 bits per heavy atom. The first kappa shape index (κ1) is 19.6. The molecule has 6 heteroatoms. The second-order valence-corrected chi connectivity index (χ2v) is 9.51. The Kier molecular flexibility index (Phi) is 6.11. The maximum atomic E-state index is 13.0. The average molecular weight is 399 g/mol. The van der Waals surface area contributed by atoms with Crippen LogP contribution < -0.4 is 16.2 Å². The standard InChI is InChI=1S/C22H30N4OS/c1-15-8-9-21(28-15)19-13-20(25-24-19)22(27)23-18-10-11-26(2)14-17(18)12-16-6-4-3-5-7-16/h3-9,17-20,24-25H,10-14H2,1-2H3,(H,23,27)/t17-,18+,19?,20?/m0/s1. The maximum absolute atomic E-state index is 13.0. The number of carbonyl (C=O) groups excluding carboxylic acids is 1. The van der Waals surface area contributed by atoms with Crippen LogP contribution in [0.2, 0.25) is 0 Å². The van der Waals surface area contributed by atoms with Crippen LogP contribution in [-0.4, -0.2) is 43.0 Å². The summed E-state index contributed by atoms with van der Waals surface area (Å²) in [6.07, 6.45) is 2.80. The number of amides is 1. The van der Waals surface area contributed by atoms with E-state index in [1.165, 1.54) is 15.3 Å². The normalized spacial score (nSPS) is 28.4. The van der Waals surface area contributed by atoms with Gasteiger partial charge >= 0.3 is 0 Å². The van der Waals surface area contributed by atoms with Crippen molar-refractivity contribution in [2.24, 2.45) is 5.92 Å². The maximum Gasteiger partial charge on any atom is 0.238 e. The number of aryl methyl sites for hydroxylation is 1. The number of piperidine rings is 1. The third-order valence-corrected chi connectivity index (χ3v) is 7.04. The molecule has 0 bridgehead atoms. The van der Waals surface area contributed by atoms with Gasteiger partial charge in [-0.15, -0.1) is 11.3 Å². The number of likely N-dealkylation sites (tertiary alicyclic amines) is 1. The molecule has 28 heavy (non-hydrogen) atoms. The van der Waals surface area contributed by atoms with E-state index < -0.39 is 0 Å².